The first-order valence-electron chi connectivity index (χ1n) is 5.61. The van der Waals surface area contributed by atoms with Crippen LogP contribution in [-0.2, 0) is 0 Å². The minimum absolute atomic E-state index is 0.0365. The predicted molar refractivity (Wildman–Crippen MR) is 64.3 cm³/mol. The van der Waals surface area contributed by atoms with Crippen molar-refractivity contribution >= 4 is 5.78 Å². The highest BCUT2D eigenvalue weighted by molar-refractivity contribution is 6.00. The molecule has 2 heteroatoms. The number of aryl methyl sites for hydroxylation is 2. The summed E-state index contributed by atoms with van der Waals surface area (Å²) in [5.74, 6) is -0.531. The molecule has 0 bridgehead atoms. The molecule has 0 radical (unpaired) electrons. The topological polar surface area (TPSA) is 40.9 Å². The van der Waals surface area contributed by atoms with Crippen LogP contribution in [0.5, 0.6) is 0 Å². The molecule has 0 fully saturated rings. The smallest absolute Gasteiger partial charge is 0.180 e. The summed E-state index contributed by atoms with van der Waals surface area (Å²) in [6.45, 7) is 5.85. The number of rotatable bonds is 4. The van der Waals surface area contributed by atoms with Crippen molar-refractivity contribution in [2.24, 2.45) is 5.92 Å². The van der Waals surface area contributed by atoms with Gasteiger partial charge in [0.05, 0.1) is 6.07 Å². The van der Waals surface area contributed by atoms with Gasteiger partial charge in [-0.1, -0.05) is 31.0 Å². The second-order valence-electron chi connectivity index (χ2n) is 4.15. The van der Waals surface area contributed by atoms with Crippen LogP contribution < -0.4 is 0 Å². The molecular formula is C14H17NO. The van der Waals surface area contributed by atoms with Crippen molar-refractivity contribution in [1.29, 1.82) is 5.26 Å². The van der Waals surface area contributed by atoms with Gasteiger partial charge in [-0.15, -0.1) is 0 Å². The summed E-state index contributed by atoms with van der Waals surface area (Å²) >= 11 is 0. The molecule has 0 aliphatic carbocycles. The predicted octanol–water partition coefficient (Wildman–Crippen LogP) is 3.43. The van der Waals surface area contributed by atoms with E-state index in [1.165, 1.54) is 0 Å². The van der Waals surface area contributed by atoms with E-state index in [0.29, 0.717) is 12.0 Å². The van der Waals surface area contributed by atoms with Crippen molar-refractivity contribution in [2.45, 2.75) is 33.6 Å². The quantitative estimate of drug-likeness (QED) is 0.722. The van der Waals surface area contributed by atoms with Gasteiger partial charge in [0.1, 0.15) is 5.92 Å². The Bertz CT molecular complexity index is 429. The number of Topliss-reactive ketones (excluding diaryl/α,β-unsaturated/α-hetero) is 1. The highest BCUT2D eigenvalue weighted by Gasteiger charge is 2.20. The summed E-state index contributed by atoms with van der Waals surface area (Å²) in [6, 6.07) is 7.88. The zero-order chi connectivity index (χ0) is 12.1. The van der Waals surface area contributed by atoms with Gasteiger partial charge in [0.2, 0.25) is 0 Å². The van der Waals surface area contributed by atoms with Crippen molar-refractivity contribution in [2.75, 3.05) is 0 Å². The van der Waals surface area contributed by atoms with Crippen LogP contribution in [0.4, 0.5) is 0 Å². The molecule has 1 rings (SSSR count). The molecule has 0 aliphatic heterocycles. The van der Waals surface area contributed by atoms with Crippen molar-refractivity contribution in [3.8, 4) is 6.07 Å². The lowest BCUT2D eigenvalue weighted by Crippen LogP contribution is -2.14. The molecule has 0 spiro atoms. The highest BCUT2D eigenvalue weighted by Crippen LogP contribution is 2.18. The van der Waals surface area contributed by atoms with Crippen molar-refractivity contribution in [3.05, 3.63) is 34.9 Å². The van der Waals surface area contributed by atoms with E-state index >= 15 is 0 Å². The lowest BCUT2D eigenvalue weighted by molar-refractivity contribution is 0.0943. The van der Waals surface area contributed by atoms with E-state index in [0.717, 1.165) is 17.5 Å². The average molecular weight is 215 g/mol. The summed E-state index contributed by atoms with van der Waals surface area (Å²) in [4.78, 5) is 12.1. The van der Waals surface area contributed by atoms with E-state index in [-0.39, 0.29) is 5.78 Å². The lowest BCUT2D eigenvalue weighted by atomic mass is 9.91. The molecular weight excluding hydrogens is 198 g/mol. The molecule has 2 nitrogen and oxygen atoms in total. The summed E-state index contributed by atoms with van der Waals surface area (Å²) in [6.07, 6.45) is 1.50. The van der Waals surface area contributed by atoms with Crippen LogP contribution in [0.1, 0.15) is 41.3 Å². The number of ketones is 1. The van der Waals surface area contributed by atoms with Crippen LogP contribution in [0.2, 0.25) is 0 Å². The molecule has 1 atom stereocenters. The van der Waals surface area contributed by atoms with Crippen LogP contribution >= 0.6 is 0 Å². The average Bonchev–Trinajstić information content (AvgIpc) is 2.28. The van der Waals surface area contributed by atoms with E-state index in [2.05, 4.69) is 6.07 Å². The van der Waals surface area contributed by atoms with Gasteiger partial charge in [-0.3, -0.25) is 4.79 Å². The first-order chi connectivity index (χ1) is 7.60. The minimum atomic E-state index is -0.495. The Labute approximate surface area is 96.9 Å². The molecule has 1 aromatic rings. The van der Waals surface area contributed by atoms with E-state index < -0.39 is 5.92 Å². The number of benzene rings is 1. The lowest BCUT2D eigenvalue weighted by Gasteiger charge is -2.10. The Morgan fingerprint density at radius 3 is 2.69 bits per heavy atom. The standard InChI is InChI=1S/C14H17NO/c1-4-5-12(9-15)14(16)13-8-10(2)6-7-11(13)3/h6-8,12H,4-5H2,1-3H3. The van der Waals surface area contributed by atoms with Gasteiger partial charge < -0.3 is 0 Å². The van der Waals surface area contributed by atoms with Crippen molar-refractivity contribution < 1.29 is 4.79 Å². The summed E-state index contributed by atoms with van der Waals surface area (Å²) in [5, 5.41) is 8.98. The van der Waals surface area contributed by atoms with Crippen molar-refractivity contribution in [1.82, 2.24) is 0 Å². The van der Waals surface area contributed by atoms with Gasteiger partial charge in [0, 0.05) is 5.56 Å². The van der Waals surface area contributed by atoms with Crippen LogP contribution in [0, 0.1) is 31.1 Å². The number of nitriles is 1. The number of carbonyl (C=O) groups is 1. The first kappa shape index (κ1) is 12.4. The maximum Gasteiger partial charge on any atom is 0.180 e. The fourth-order valence-corrected chi connectivity index (χ4v) is 1.73. The zero-order valence-electron chi connectivity index (χ0n) is 10.1. The van der Waals surface area contributed by atoms with E-state index in [4.69, 9.17) is 5.26 Å². The molecule has 16 heavy (non-hydrogen) atoms. The van der Waals surface area contributed by atoms with E-state index in [1.807, 2.05) is 39.0 Å². The molecule has 1 unspecified atom stereocenters. The maximum atomic E-state index is 12.1. The summed E-state index contributed by atoms with van der Waals surface area (Å²) in [5.41, 5.74) is 2.70. The van der Waals surface area contributed by atoms with Gasteiger partial charge >= 0.3 is 0 Å². The normalized spacial score (nSPS) is 11.9. The van der Waals surface area contributed by atoms with Crippen LogP contribution in [-0.4, -0.2) is 5.78 Å². The fourth-order valence-electron chi connectivity index (χ4n) is 1.73. The Morgan fingerprint density at radius 1 is 1.44 bits per heavy atom. The Balaban J connectivity index is 3.04. The second kappa shape index (κ2) is 5.46. The number of carbonyl (C=O) groups excluding carboxylic acids is 1. The molecule has 0 heterocycles. The maximum absolute atomic E-state index is 12.1. The van der Waals surface area contributed by atoms with Crippen LogP contribution in [0.15, 0.2) is 18.2 Å². The van der Waals surface area contributed by atoms with Crippen molar-refractivity contribution in [3.63, 3.8) is 0 Å². The highest BCUT2D eigenvalue weighted by atomic mass is 16.1. The molecule has 84 valence electrons. The summed E-state index contributed by atoms with van der Waals surface area (Å²) in [7, 11) is 0. The van der Waals surface area contributed by atoms with Crippen LogP contribution in [0.3, 0.4) is 0 Å². The first-order valence-corrected chi connectivity index (χ1v) is 5.61. The third kappa shape index (κ3) is 2.70. The van der Waals surface area contributed by atoms with Gasteiger partial charge in [-0.05, 0) is 31.9 Å². The number of hydrogen-bond acceptors (Lipinski definition) is 2. The van der Waals surface area contributed by atoms with Gasteiger partial charge in [-0.2, -0.15) is 5.26 Å². The molecule has 0 saturated heterocycles. The molecule has 0 N–H and O–H groups in total. The third-order valence-electron chi connectivity index (χ3n) is 2.71. The Hall–Kier alpha value is -1.62. The zero-order valence-corrected chi connectivity index (χ0v) is 10.1. The van der Waals surface area contributed by atoms with Gasteiger partial charge in [-0.25, -0.2) is 0 Å². The monoisotopic (exact) mass is 215 g/mol. The summed E-state index contributed by atoms with van der Waals surface area (Å²) < 4.78 is 0. The van der Waals surface area contributed by atoms with E-state index in [9.17, 15) is 4.79 Å². The SMILES string of the molecule is CCCC(C#N)C(=O)c1cc(C)ccc1C. The molecule has 0 amide bonds. The van der Waals surface area contributed by atoms with E-state index in [1.54, 1.807) is 0 Å². The minimum Gasteiger partial charge on any atom is -0.293 e. The molecule has 1 aromatic carbocycles. The number of hydrogen-bond donors (Lipinski definition) is 0. The Morgan fingerprint density at radius 2 is 2.12 bits per heavy atom. The molecule has 0 aliphatic rings. The second-order valence-corrected chi connectivity index (χ2v) is 4.15. The molecule has 0 aromatic heterocycles. The van der Waals surface area contributed by atoms with Crippen LogP contribution in [0.25, 0.3) is 0 Å². The number of nitrogens with zero attached hydrogens (tertiary/aromatic N) is 1. The largest absolute Gasteiger partial charge is 0.293 e. The molecule has 0 saturated carbocycles. The third-order valence-corrected chi connectivity index (χ3v) is 2.71. The van der Waals surface area contributed by atoms with Gasteiger partial charge in [0.15, 0.2) is 5.78 Å². The van der Waals surface area contributed by atoms with Gasteiger partial charge in [0.25, 0.3) is 0 Å². The Kier molecular flexibility index (Phi) is 4.25. The fraction of sp³-hybridized carbons (Fsp3) is 0.429.